The van der Waals surface area contributed by atoms with Crippen molar-refractivity contribution in [1.82, 2.24) is 9.88 Å². The maximum Gasteiger partial charge on any atom is 0.270 e. The molecule has 6 heteroatoms. The topological polar surface area (TPSA) is 65.6 Å². The Kier molecular flexibility index (Phi) is 4.36. The van der Waals surface area contributed by atoms with E-state index in [0.717, 1.165) is 5.39 Å². The Labute approximate surface area is 156 Å². The van der Waals surface area contributed by atoms with Crippen LogP contribution in [0.2, 0.25) is 0 Å². The highest BCUT2D eigenvalue weighted by molar-refractivity contribution is 5.98. The number of piperidine rings is 1. The molecule has 1 aliphatic rings. The van der Waals surface area contributed by atoms with Crippen LogP contribution in [-0.2, 0) is 0 Å². The first-order valence-corrected chi connectivity index (χ1v) is 8.94. The zero-order chi connectivity index (χ0) is 19.0. The van der Waals surface area contributed by atoms with Crippen LogP contribution in [0.25, 0.3) is 10.9 Å². The quantitative estimate of drug-likeness (QED) is 0.745. The number of aromatic nitrogens is 1. The molecule has 1 aromatic heterocycles. The van der Waals surface area contributed by atoms with Gasteiger partial charge in [-0.05, 0) is 43.3 Å². The van der Waals surface area contributed by atoms with Crippen LogP contribution >= 0.6 is 0 Å². The van der Waals surface area contributed by atoms with Gasteiger partial charge in [0, 0.05) is 23.9 Å². The zero-order valence-electron chi connectivity index (χ0n) is 15.0. The van der Waals surface area contributed by atoms with Gasteiger partial charge in [-0.15, -0.1) is 0 Å². The van der Waals surface area contributed by atoms with Crippen LogP contribution in [0, 0.1) is 5.82 Å². The molecule has 1 fully saturated rings. The highest BCUT2D eigenvalue weighted by Crippen LogP contribution is 2.27. The van der Waals surface area contributed by atoms with E-state index >= 15 is 0 Å². The van der Waals surface area contributed by atoms with Gasteiger partial charge < -0.3 is 19.7 Å². The number of carbonyl (C=O) groups excluding carboxylic acids is 1. The lowest BCUT2D eigenvalue weighted by Gasteiger charge is -2.42. The number of aliphatic hydroxyl groups is 1. The number of halogens is 1. The van der Waals surface area contributed by atoms with Crippen molar-refractivity contribution in [2.75, 3.05) is 13.1 Å². The molecule has 0 spiro atoms. The van der Waals surface area contributed by atoms with Gasteiger partial charge in [0.1, 0.15) is 29.0 Å². The molecule has 1 saturated heterocycles. The Balaban J connectivity index is 1.49. The number of nitrogens with one attached hydrogen (secondary N) is 1. The Hall–Kier alpha value is -2.86. The summed E-state index contributed by atoms with van der Waals surface area (Å²) in [5.74, 6) is 0.121. The SMILES string of the molecule is C[C@]1(O)CN(C(=O)c2cc3ccc(F)cc3[nH]2)CC[C@@H]1Oc1ccccc1. The van der Waals surface area contributed by atoms with Crippen LogP contribution < -0.4 is 4.74 Å². The van der Waals surface area contributed by atoms with Gasteiger partial charge in [-0.25, -0.2) is 4.39 Å². The van der Waals surface area contributed by atoms with Crippen molar-refractivity contribution in [1.29, 1.82) is 0 Å². The molecule has 0 radical (unpaired) electrons. The van der Waals surface area contributed by atoms with Crippen molar-refractivity contribution in [2.24, 2.45) is 0 Å². The van der Waals surface area contributed by atoms with Crippen LogP contribution in [0.3, 0.4) is 0 Å². The molecule has 2 atom stereocenters. The van der Waals surface area contributed by atoms with Gasteiger partial charge in [-0.2, -0.15) is 0 Å². The number of H-pyrrole nitrogens is 1. The van der Waals surface area contributed by atoms with E-state index in [4.69, 9.17) is 4.74 Å². The van der Waals surface area contributed by atoms with E-state index in [1.807, 2.05) is 30.3 Å². The third-order valence-electron chi connectivity index (χ3n) is 4.99. The lowest BCUT2D eigenvalue weighted by atomic mass is 9.91. The number of ether oxygens (including phenoxy) is 1. The summed E-state index contributed by atoms with van der Waals surface area (Å²) in [6.45, 7) is 2.31. The van der Waals surface area contributed by atoms with Gasteiger partial charge in [0.2, 0.25) is 0 Å². The summed E-state index contributed by atoms with van der Waals surface area (Å²) in [5.41, 5.74) is -0.219. The standard InChI is InChI=1S/C21H21FN2O3/c1-21(26)13-24(10-9-19(21)27-16-5-3-2-4-6-16)20(25)18-11-14-7-8-15(22)12-17(14)23-18/h2-8,11-12,19,23,26H,9-10,13H2,1H3/t19-,21-/m0/s1. The second-order valence-electron chi connectivity index (χ2n) is 7.21. The van der Waals surface area contributed by atoms with Crippen molar-refractivity contribution in [3.05, 3.63) is 66.1 Å². The molecule has 5 nitrogen and oxygen atoms in total. The fourth-order valence-electron chi connectivity index (χ4n) is 3.56. The van der Waals surface area contributed by atoms with Crippen molar-refractivity contribution < 1.29 is 19.0 Å². The summed E-state index contributed by atoms with van der Waals surface area (Å²) in [5, 5.41) is 11.6. The number of amides is 1. The van der Waals surface area contributed by atoms with E-state index in [-0.39, 0.29) is 18.3 Å². The Morgan fingerprint density at radius 2 is 2.04 bits per heavy atom. The molecule has 0 saturated carbocycles. The molecule has 4 rings (SSSR count). The zero-order valence-corrected chi connectivity index (χ0v) is 15.0. The largest absolute Gasteiger partial charge is 0.487 e. The van der Waals surface area contributed by atoms with E-state index < -0.39 is 11.7 Å². The number of para-hydroxylation sites is 1. The lowest BCUT2D eigenvalue weighted by molar-refractivity contribution is -0.0899. The summed E-state index contributed by atoms with van der Waals surface area (Å²) < 4.78 is 19.3. The Bertz CT molecular complexity index is 968. The number of likely N-dealkylation sites (tertiary alicyclic amines) is 1. The molecule has 1 amide bonds. The Morgan fingerprint density at radius 3 is 2.78 bits per heavy atom. The van der Waals surface area contributed by atoms with Crippen molar-refractivity contribution >= 4 is 16.8 Å². The number of rotatable bonds is 3. The summed E-state index contributed by atoms with van der Waals surface area (Å²) in [6, 6.07) is 15.4. The average molecular weight is 368 g/mol. The third-order valence-corrected chi connectivity index (χ3v) is 4.99. The average Bonchev–Trinajstić information content (AvgIpc) is 3.06. The predicted molar refractivity (Wildman–Crippen MR) is 100 cm³/mol. The van der Waals surface area contributed by atoms with E-state index in [2.05, 4.69) is 4.98 Å². The molecule has 3 aromatic rings. The second kappa shape index (κ2) is 6.70. The van der Waals surface area contributed by atoms with Crippen molar-refractivity contribution in [3.63, 3.8) is 0 Å². The number of hydrogen-bond acceptors (Lipinski definition) is 3. The molecule has 2 heterocycles. The minimum absolute atomic E-state index is 0.160. The summed E-state index contributed by atoms with van der Waals surface area (Å²) in [4.78, 5) is 17.4. The third kappa shape index (κ3) is 3.53. The van der Waals surface area contributed by atoms with Crippen LogP contribution in [0.4, 0.5) is 4.39 Å². The molecule has 1 aliphatic heterocycles. The molecule has 2 aromatic carbocycles. The number of aromatic amines is 1. The molecule has 0 aliphatic carbocycles. The van der Waals surface area contributed by atoms with Crippen LogP contribution in [-0.4, -0.2) is 45.7 Å². The molecule has 27 heavy (non-hydrogen) atoms. The second-order valence-corrected chi connectivity index (χ2v) is 7.21. The summed E-state index contributed by atoms with van der Waals surface area (Å²) >= 11 is 0. The first-order valence-electron chi connectivity index (χ1n) is 8.94. The number of hydrogen-bond donors (Lipinski definition) is 2. The normalized spacial score (nSPS) is 22.8. The van der Waals surface area contributed by atoms with Gasteiger partial charge in [-0.3, -0.25) is 4.79 Å². The highest BCUT2D eigenvalue weighted by Gasteiger charge is 2.41. The van der Waals surface area contributed by atoms with E-state index in [0.29, 0.717) is 29.9 Å². The fraction of sp³-hybridized carbons (Fsp3) is 0.286. The number of β-amino-alcohol motifs (C(OH)–C–C–N with tert-alkyl or cyclic N) is 1. The number of nitrogens with zero attached hydrogens (tertiary/aromatic N) is 1. The fourth-order valence-corrected chi connectivity index (χ4v) is 3.56. The van der Waals surface area contributed by atoms with Crippen molar-refractivity contribution in [3.8, 4) is 5.75 Å². The number of fused-ring (bicyclic) bond motifs is 1. The Morgan fingerprint density at radius 1 is 1.26 bits per heavy atom. The molecule has 140 valence electrons. The van der Waals surface area contributed by atoms with Gasteiger partial charge in [0.15, 0.2) is 0 Å². The molecular weight excluding hydrogens is 347 g/mol. The lowest BCUT2D eigenvalue weighted by Crippen LogP contribution is -2.58. The van der Waals surface area contributed by atoms with E-state index in [9.17, 15) is 14.3 Å². The molecular formula is C21H21FN2O3. The van der Waals surface area contributed by atoms with E-state index in [1.54, 1.807) is 24.0 Å². The maximum absolute atomic E-state index is 13.4. The van der Waals surface area contributed by atoms with Crippen LogP contribution in [0.5, 0.6) is 5.75 Å². The number of benzene rings is 2. The minimum Gasteiger partial charge on any atom is -0.487 e. The summed E-state index contributed by atoms with van der Waals surface area (Å²) in [6.07, 6.45) is 0.114. The summed E-state index contributed by atoms with van der Waals surface area (Å²) in [7, 11) is 0. The molecule has 0 unspecified atom stereocenters. The maximum atomic E-state index is 13.4. The van der Waals surface area contributed by atoms with Crippen LogP contribution in [0.15, 0.2) is 54.6 Å². The smallest absolute Gasteiger partial charge is 0.270 e. The molecule has 0 bridgehead atoms. The van der Waals surface area contributed by atoms with Crippen molar-refractivity contribution in [2.45, 2.75) is 25.0 Å². The predicted octanol–water partition coefficient (Wildman–Crippen LogP) is 3.35. The van der Waals surface area contributed by atoms with Crippen LogP contribution in [0.1, 0.15) is 23.8 Å². The molecule has 2 N–H and O–H groups in total. The van der Waals surface area contributed by atoms with Gasteiger partial charge in [0.05, 0.1) is 6.54 Å². The minimum atomic E-state index is -1.18. The highest BCUT2D eigenvalue weighted by atomic mass is 19.1. The monoisotopic (exact) mass is 368 g/mol. The van der Waals surface area contributed by atoms with Gasteiger partial charge >= 0.3 is 0 Å². The van der Waals surface area contributed by atoms with Gasteiger partial charge in [-0.1, -0.05) is 18.2 Å². The first kappa shape index (κ1) is 17.5. The first-order chi connectivity index (χ1) is 12.9. The van der Waals surface area contributed by atoms with Gasteiger partial charge in [0.25, 0.3) is 5.91 Å². The van der Waals surface area contributed by atoms with E-state index in [1.165, 1.54) is 12.1 Å². The number of carbonyl (C=O) groups is 1.